The SMILES string of the molecule is CCCCCCCCCCCCCCCC(=O)OC(CCCCCCCCCCC)CC(=O)NC1[C@H](OP(=O)(O)O)OC(CO[C@@H]2OC(CO)[C@@H](OP(=O)(O)O)[C@H](OC(=O)CC(CCCCCCCCCCC)OC(=O)CCCCCCCCCCC)C2NC(=O)CC(O)CCCCCCCCCCC)[C@@H](O)[C@@H]1OC(=O)CC(O)CCCCCCCCCCC. The highest BCUT2D eigenvalue weighted by Crippen LogP contribution is 2.44. The summed E-state index contributed by atoms with van der Waals surface area (Å²) in [6.07, 6.45) is 36.9. The summed E-state index contributed by atoms with van der Waals surface area (Å²) in [5.74, 6) is -5.02. The summed E-state index contributed by atoms with van der Waals surface area (Å²) in [7, 11) is -11.4. The number of nitrogens with one attached hydrogen (secondary N) is 2. The Morgan fingerprint density at radius 2 is 0.616 bits per heavy atom. The molecule has 2 fully saturated rings. The topological polar surface area (TPSA) is 406 Å². The van der Waals surface area contributed by atoms with Gasteiger partial charge in [0.15, 0.2) is 24.8 Å². The number of esters is 4. The standard InChI is InChI=1S/C96H182N2O25P2/c1-7-13-19-25-31-37-38-39-40-46-52-58-63-69-85(104)116-79(67-61-55-49-43-34-28-22-16-10-4)73-84(103)98-89-93(120-87(106)72-78(101)66-60-54-48-42-33-27-21-15-9-3)91(108)82(119-96(89)123-125(112,113)114)76-115-95-90(97-83(102)71-77(100)65-59-53-47-41-32-26-20-14-8-2)94(92(81(75-99)118-95)122-124(109,110)111)121-88(107)74-80(68-62-56-50-44-35-29-23-17-11-5)117-86(105)70-64-57-51-45-36-30-24-18-12-6/h77-82,89-96,99-101,108H,7-76H2,1-6H3,(H,97,102)(H,98,103)(H2,109,110,111)(H2,112,113,114)/t77?,78?,79?,80?,81?,82?,89?,90?,91-,92-,93-,94-,95-,96+/m1/s1. The van der Waals surface area contributed by atoms with Crippen LogP contribution in [0.3, 0.4) is 0 Å². The number of ether oxygens (including phenoxy) is 7. The van der Waals surface area contributed by atoms with E-state index in [0.717, 1.165) is 250 Å². The number of amides is 2. The minimum absolute atomic E-state index is 0.0817. The second kappa shape index (κ2) is 77.2. The van der Waals surface area contributed by atoms with Gasteiger partial charge in [-0.1, -0.05) is 388 Å². The molecule has 0 saturated carbocycles. The number of aliphatic hydroxyl groups excluding tert-OH is 4. The average Bonchev–Trinajstić information content (AvgIpc) is 0.780. The molecule has 0 bridgehead atoms. The lowest BCUT2D eigenvalue weighted by Crippen LogP contribution is -2.68. The van der Waals surface area contributed by atoms with Gasteiger partial charge >= 0.3 is 39.5 Å². The van der Waals surface area contributed by atoms with Crippen molar-refractivity contribution in [3.8, 4) is 0 Å². The van der Waals surface area contributed by atoms with Crippen LogP contribution in [-0.2, 0) is 80.1 Å². The van der Waals surface area contributed by atoms with Gasteiger partial charge in [-0.15, -0.1) is 0 Å². The molecule has 2 aliphatic heterocycles. The first-order chi connectivity index (χ1) is 60.3. The molecule has 8 unspecified atom stereocenters. The number of unbranched alkanes of at least 4 members (excludes halogenated alkanes) is 52. The van der Waals surface area contributed by atoms with Gasteiger partial charge in [-0.25, -0.2) is 9.13 Å². The number of hydrogen-bond acceptors (Lipinski definition) is 21. The van der Waals surface area contributed by atoms with Gasteiger partial charge in [0.05, 0.1) is 51.1 Å². The minimum Gasteiger partial charge on any atom is -0.462 e. The molecule has 0 spiro atoms. The van der Waals surface area contributed by atoms with E-state index >= 15 is 0 Å². The molecule has 2 heterocycles. The molecule has 10 N–H and O–H groups in total. The van der Waals surface area contributed by atoms with E-state index in [1.165, 1.54) is 83.5 Å². The van der Waals surface area contributed by atoms with Crippen LogP contribution in [0.15, 0.2) is 0 Å². The maximum absolute atomic E-state index is 14.8. The van der Waals surface area contributed by atoms with E-state index in [1.807, 2.05) is 0 Å². The lowest BCUT2D eigenvalue weighted by molar-refractivity contribution is -0.297. The Labute approximate surface area is 755 Å². The molecule has 0 aliphatic carbocycles. The number of hydrogen-bond donors (Lipinski definition) is 10. The zero-order valence-electron chi connectivity index (χ0n) is 79.0. The van der Waals surface area contributed by atoms with E-state index in [2.05, 4.69) is 52.2 Å². The summed E-state index contributed by atoms with van der Waals surface area (Å²) in [5.41, 5.74) is 0. The van der Waals surface area contributed by atoms with Gasteiger partial charge in [0.25, 0.3) is 0 Å². The summed E-state index contributed by atoms with van der Waals surface area (Å²) >= 11 is 0. The molecule has 2 rings (SSSR count). The maximum Gasteiger partial charge on any atom is 0.472 e. The van der Waals surface area contributed by atoms with Gasteiger partial charge in [0.2, 0.25) is 11.8 Å². The van der Waals surface area contributed by atoms with Crippen molar-refractivity contribution in [2.75, 3.05) is 13.2 Å². The van der Waals surface area contributed by atoms with E-state index < -0.39 is 176 Å². The van der Waals surface area contributed by atoms with Crippen LogP contribution in [-0.4, -0.2) is 175 Å². The third-order valence-corrected chi connectivity index (χ3v) is 25.4. The van der Waals surface area contributed by atoms with Crippen molar-refractivity contribution in [1.82, 2.24) is 10.6 Å². The molecule has 736 valence electrons. The van der Waals surface area contributed by atoms with Crippen LogP contribution in [0.2, 0.25) is 0 Å². The summed E-state index contributed by atoms with van der Waals surface area (Å²) in [6.45, 7) is 10.9. The van der Waals surface area contributed by atoms with Crippen molar-refractivity contribution in [2.45, 2.75) is 564 Å². The van der Waals surface area contributed by atoms with Gasteiger partial charge in [0.1, 0.15) is 48.7 Å². The van der Waals surface area contributed by atoms with Gasteiger partial charge in [-0.05, 0) is 51.4 Å². The second-order valence-corrected chi connectivity index (χ2v) is 38.6. The van der Waals surface area contributed by atoms with Crippen molar-refractivity contribution >= 4 is 51.3 Å². The zero-order chi connectivity index (χ0) is 91.8. The van der Waals surface area contributed by atoms with Crippen LogP contribution in [0.1, 0.15) is 478 Å². The lowest BCUT2D eigenvalue weighted by atomic mass is 9.95. The highest BCUT2D eigenvalue weighted by atomic mass is 31.2. The molecule has 2 amide bonds. The molecule has 0 radical (unpaired) electrons. The molecule has 0 aromatic rings. The largest absolute Gasteiger partial charge is 0.472 e. The molecule has 27 nitrogen and oxygen atoms in total. The molecule has 14 atom stereocenters. The monoisotopic (exact) mass is 1830 g/mol. The Kier molecular flexibility index (Phi) is 72.8. The maximum atomic E-state index is 14.8. The molecule has 2 aliphatic rings. The predicted octanol–water partition coefficient (Wildman–Crippen LogP) is 21.4. The number of aliphatic hydroxyl groups is 4. The summed E-state index contributed by atoms with van der Waals surface area (Å²) in [4.78, 5) is 128. The van der Waals surface area contributed by atoms with Crippen molar-refractivity contribution < 1.29 is 120 Å². The highest BCUT2D eigenvalue weighted by Gasteiger charge is 2.55. The van der Waals surface area contributed by atoms with Crippen LogP contribution in [0, 0.1) is 0 Å². The molecular weight excluding hydrogens is 1640 g/mol. The molecule has 125 heavy (non-hydrogen) atoms. The van der Waals surface area contributed by atoms with Gasteiger partial charge in [0, 0.05) is 12.8 Å². The van der Waals surface area contributed by atoms with Crippen molar-refractivity contribution in [3.63, 3.8) is 0 Å². The van der Waals surface area contributed by atoms with Crippen LogP contribution in [0.25, 0.3) is 0 Å². The fourth-order valence-corrected chi connectivity index (χ4v) is 18.0. The molecular formula is C96H182N2O25P2. The Hall–Kier alpha value is -3.24. The summed E-state index contributed by atoms with van der Waals surface area (Å²) < 4.78 is 80.0. The van der Waals surface area contributed by atoms with Crippen LogP contribution < -0.4 is 10.6 Å². The first-order valence-corrected chi connectivity index (χ1v) is 53.8. The predicted molar refractivity (Wildman–Crippen MR) is 490 cm³/mol. The smallest absolute Gasteiger partial charge is 0.462 e. The van der Waals surface area contributed by atoms with Crippen LogP contribution in [0.4, 0.5) is 0 Å². The Morgan fingerprint density at radius 1 is 0.328 bits per heavy atom. The lowest BCUT2D eigenvalue weighted by Gasteiger charge is -2.47. The molecule has 0 aromatic heterocycles. The van der Waals surface area contributed by atoms with Crippen LogP contribution in [0.5, 0.6) is 0 Å². The van der Waals surface area contributed by atoms with Crippen molar-refractivity contribution in [3.05, 3.63) is 0 Å². The van der Waals surface area contributed by atoms with Crippen molar-refractivity contribution in [2.24, 2.45) is 0 Å². The number of rotatable bonds is 86. The normalized spacial score (nSPS) is 20.2. The molecule has 2 saturated heterocycles. The van der Waals surface area contributed by atoms with E-state index in [0.29, 0.717) is 38.5 Å². The van der Waals surface area contributed by atoms with Gasteiger partial charge < -0.3 is 83.8 Å². The van der Waals surface area contributed by atoms with E-state index in [9.17, 15) is 77.9 Å². The van der Waals surface area contributed by atoms with E-state index in [4.69, 9.17) is 42.2 Å². The highest BCUT2D eigenvalue weighted by molar-refractivity contribution is 7.46. The van der Waals surface area contributed by atoms with E-state index in [-0.39, 0.29) is 38.5 Å². The zero-order valence-corrected chi connectivity index (χ0v) is 80.8. The van der Waals surface area contributed by atoms with Crippen LogP contribution >= 0.6 is 15.6 Å². The molecule has 29 heteroatoms. The van der Waals surface area contributed by atoms with E-state index in [1.54, 1.807) is 0 Å². The molecule has 0 aromatic carbocycles. The third-order valence-electron chi connectivity index (χ3n) is 24.4. The summed E-state index contributed by atoms with van der Waals surface area (Å²) in [6, 6.07) is -3.86. The number of carbonyl (C=O) groups excluding carboxylic acids is 6. The number of phosphoric ester groups is 2. The Morgan fingerprint density at radius 3 is 0.968 bits per heavy atom. The van der Waals surface area contributed by atoms with Gasteiger partial charge in [-0.3, -0.25) is 37.8 Å². The quantitative estimate of drug-likeness (QED) is 0.0117. The second-order valence-electron chi connectivity index (χ2n) is 36.2. The fraction of sp³-hybridized carbons (Fsp3) is 0.938. The van der Waals surface area contributed by atoms with Gasteiger partial charge in [-0.2, -0.15) is 0 Å². The Bertz CT molecular complexity index is 2750. The summed E-state index contributed by atoms with van der Waals surface area (Å²) in [5, 5.41) is 51.9. The average molecular weight is 1830 g/mol. The first-order valence-electron chi connectivity index (χ1n) is 50.7. The van der Waals surface area contributed by atoms with Crippen molar-refractivity contribution in [1.29, 1.82) is 0 Å². The first kappa shape index (κ1) is 118. The minimum atomic E-state index is -5.71. The number of carbonyl (C=O) groups is 6. The third kappa shape index (κ3) is 63.5. The Balaban J connectivity index is 2.77. The number of phosphoric acid groups is 2. The fourth-order valence-electron chi connectivity index (χ4n) is 16.9.